The van der Waals surface area contributed by atoms with Crippen molar-refractivity contribution in [3.05, 3.63) is 0 Å². The Balaban J connectivity index is 3.77. The summed E-state index contributed by atoms with van der Waals surface area (Å²) < 4.78 is 9.71. The maximum absolute atomic E-state index is 11.4. The standard InChI is InChI=1S/C11H20ClNO4/c1-11(2,3)17-9(14)6-5-7-13(4)10(15)16-8-12/h5-8H2,1-4H3. The first-order chi connectivity index (χ1) is 7.76. The average molecular weight is 266 g/mol. The molecule has 100 valence electrons. The van der Waals surface area contributed by atoms with Gasteiger partial charge in [0.05, 0.1) is 0 Å². The zero-order valence-electron chi connectivity index (χ0n) is 10.8. The van der Waals surface area contributed by atoms with Crippen molar-refractivity contribution < 1.29 is 19.1 Å². The molecule has 17 heavy (non-hydrogen) atoms. The summed E-state index contributed by atoms with van der Waals surface area (Å²) in [4.78, 5) is 23.9. The van der Waals surface area contributed by atoms with Crippen molar-refractivity contribution in [2.24, 2.45) is 0 Å². The van der Waals surface area contributed by atoms with Crippen LogP contribution in [0, 0.1) is 0 Å². The number of rotatable bonds is 5. The number of esters is 1. The van der Waals surface area contributed by atoms with Crippen LogP contribution >= 0.6 is 11.6 Å². The lowest BCUT2D eigenvalue weighted by atomic mass is 10.2. The van der Waals surface area contributed by atoms with Gasteiger partial charge in [0.15, 0.2) is 6.07 Å². The minimum Gasteiger partial charge on any atom is -0.460 e. The molecule has 0 heterocycles. The first kappa shape index (κ1) is 16.0. The van der Waals surface area contributed by atoms with Gasteiger partial charge in [-0.25, -0.2) is 4.79 Å². The van der Waals surface area contributed by atoms with Gasteiger partial charge in [0.1, 0.15) is 5.60 Å². The highest BCUT2D eigenvalue weighted by Gasteiger charge is 2.16. The topological polar surface area (TPSA) is 55.8 Å². The highest BCUT2D eigenvalue weighted by atomic mass is 35.5. The first-order valence-corrected chi connectivity index (χ1v) is 5.95. The van der Waals surface area contributed by atoms with Crippen LogP contribution in [0.2, 0.25) is 0 Å². The molecule has 1 amide bonds. The van der Waals surface area contributed by atoms with Gasteiger partial charge >= 0.3 is 12.1 Å². The third-order valence-corrected chi connectivity index (χ3v) is 1.89. The number of carbonyl (C=O) groups is 2. The molecule has 5 nitrogen and oxygen atoms in total. The van der Waals surface area contributed by atoms with E-state index >= 15 is 0 Å². The lowest BCUT2D eigenvalue weighted by Crippen LogP contribution is -2.29. The molecule has 0 saturated heterocycles. The Morgan fingerprint density at radius 2 is 1.88 bits per heavy atom. The SMILES string of the molecule is CN(CCCC(=O)OC(C)(C)C)C(=O)OCCl. The van der Waals surface area contributed by atoms with Gasteiger partial charge in [0.25, 0.3) is 0 Å². The first-order valence-electron chi connectivity index (χ1n) is 5.42. The van der Waals surface area contributed by atoms with Gasteiger partial charge in [-0.05, 0) is 27.2 Å². The van der Waals surface area contributed by atoms with E-state index in [1.807, 2.05) is 20.8 Å². The molecule has 0 saturated carbocycles. The van der Waals surface area contributed by atoms with Crippen LogP contribution in [0.15, 0.2) is 0 Å². The summed E-state index contributed by atoms with van der Waals surface area (Å²) in [6.45, 7) is 5.87. The average Bonchev–Trinajstić information content (AvgIpc) is 2.14. The van der Waals surface area contributed by atoms with Crippen molar-refractivity contribution in [1.29, 1.82) is 0 Å². The van der Waals surface area contributed by atoms with E-state index in [4.69, 9.17) is 16.3 Å². The van der Waals surface area contributed by atoms with Crippen molar-refractivity contribution in [2.75, 3.05) is 19.7 Å². The number of alkyl halides is 1. The van der Waals surface area contributed by atoms with Crippen LogP contribution in [-0.2, 0) is 14.3 Å². The Hall–Kier alpha value is -0.970. The molecule has 0 aliphatic rings. The van der Waals surface area contributed by atoms with Crippen LogP contribution in [0.3, 0.4) is 0 Å². The van der Waals surface area contributed by atoms with Gasteiger partial charge in [0.2, 0.25) is 0 Å². The van der Waals surface area contributed by atoms with E-state index in [9.17, 15) is 9.59 Å². The number of ether oxygens (including phenoxy) is 2. The summed E-state index contributed by atoms with van der Waals surface area (Å²) in [5, 5.41) is 0. The number of carbonyl (C=O) groups excluding carboxylic acids is 2. The Kier molecular flexibility index (Phi) is 6.95. The smallest absolute Gasteiger partial charge is 0.410 e. The van der Waals surface area contributed by atoms with Crippen molar-refractivity contribution in [1.82, 2.24) is 4.90 Å². The van der Waals surface area contributed by atoms with Crippen LogP contribution in [-0.4, -0.2) is 42.2 Å². The second kappa shape index (κ2) is 7.37. The number of halogens is 1. The number of hydrogen-bond donors (Lipinski definition) is 0. The number of amides is 1. The van der Waals surface area contributed by atoms with E-state index in [1.54, 1.807) is 7.05 Å². The molecule has 0 bridgehead atoms. The summed E-state index contributed by atoms with van der Waals surface area (Å²) in [6.07, 6.45) is 0.308. The monoisotopic (exact) mass is 265 g/mol. The van der Waals surface area contributed by atoms with E-state index in [1.165, 1.54) is 4.90 Å². The molecule has 0 aliphatic heterocycles. The molecule has 0 fully saturated rings. The summed E-state index contributed by atoms with van der Waals surface area (Å²) in [5.74, 6) is -0.267. The largest absolute Gasteiger partial charge is 0.460 e. The lowest BCUT2D eigenvalue weighted by molar-refractivity contribution is -0.154. The predicted octanol–water partition coefficient (Wildman–Crippen LogP) is 2.37. The molecule has 0 unspecified atom stereocenters. The normalized spacial score (nSPS) is 10.9. The van der Waals surface area contributed by atoms with Gasteiger partial charge in [-0.2, -0.15) is 0 Å². The van der Waals surface area contributed by atoms with Crippen LogP contribution in [0.5, 0.6) is 0 Å². The molecule has 0 aromatic heterocycles. The lowest BCUT2D eigenvalue weighted by Gasteiger charge is -2.20. The fourth-order valence-electron chi connectivity index (χ4n) is 1.10. The van der Waals surface area contributed by atoms with Crippen molar-refractivity contribution in [3.8, 4) is 0 Å². The van der Waals surface area contributed by atoms with Gasteiger partial charge in [0, 0.05) is 20.0 Å². The molecule has 0 aromatic rings. The summed E-state index contributed by atoms with van der Waals surface area (Å²) in [6, 6.07) is -0.171. The number of nitrogens with zero attached hydrogens (tertiary/aromatic N) is 1. The van der Waals surface area contributed by atoms with E-state index in [-0.39, 0.29) is 18.5 Å². The van der Waals surface area contributed by atoms with E-state index in [0.29, 0.717) is 13.0 Å². The molecule has 0 aliphatic carbocycles. The minimum absolute atomic E-state index is 0.171. The fourth-order valence-corrected chi connectivity index (χ4v) is 1.19. The summed E-state index contributed by atoms with van der Waals surface area (Å²) in [5.41, 5.74) is -0.472. The second-order valence-electron chi connectivity index (χ2n) is 4.63. The Morgan fingerprint density at radius 3 is 2.35 bits per heavy atom. The van der Waals surface area contributed by atoms with E-state index in [0.717, 1.165) is 0 Å². The summed E-state index contributed by atoms with van der Waals surface area (Å²) in [7, 11) is 1.59. The van der Waals surface area contributed by atoms with Gasteiger partial charge < -0.3 is 14.4 Å². The highest BCUT2D eigenvalue weighted by Crippen LogP contribution is 2.09. The van der Waals surface area contributed by atoms with E-state index < -0.39 is 11.7 Å². The maximum Gasteiger partial charge on any atom is 0.410 e. The molecule has 0 rings (SSSR count). The van der Waals surface area contributed by atoms with E-state index in [2.05, 4.69) is 4.74 Å². The van der Waals surface area contributed by atoms with Crippen LogP contribution in [0.4, 0.5) is 4.79 Å². The highest BCUT2D eigenvalue weighted by molar-refractivity contribution is 6.17. The molecule has 0 N–H and O–H groups in total. The zero-order chi connectivity index (χ0) is 13.5. The quantitative estimate of drug-likeness (QED) is 0.566. The molecule has 0 atom stereocenters. The van der Waals surface area contributed by atoms with Gasteiger partial charge in [-0.1, -0.05) is 11.6 Å². The molecular formula is C11H20ClNO4. The fraction of sp³-hybridized carbons (Fsp3) is 0.818. The summed E-state index contributed by atoms with van der Waals surface area (Å²) >= 11 is 5.25. The molecule has 6 heteroatoms. The zero-order valence-corrected chi connectivity index (χ0v) is 11.5. The number of hydrogen-bond acceptors (Lipinski definition) is 4. The third-order valence-electron chi connectivity index (χ3n) is 1.78. The Morgan fingerprint density at radius 1 is 1.29 bits per heavy atom. The van der Waals surface area contributed by atoms with Gasteiger partial charge in [-0.3, -0.25) is 4.79 Å². The third kappa shape index (κ3) is 8.80. The van der Waals surface area contributed by atoms with Gasteiger partial charge in [-0.15, -0.1) is 0 Å². The van der Waals surface area contributed by atoms with Crippen molar-refractivity contribution in [3.63, 3.8) is 0 Å². The van der Waals surface area contributed by atoms with Crippen molar-refractivity contribution >= 4 is 23.7 Å². The predicted molar refractivity (Wildman–Crippen MR) is 64.9 cm³/mol. The Labute approximate surface area is 107 Å². The van der Waals surface area contributed by atoms with Crippen LogP contribution in [0.1, 0.15) is 33.6 Å². The molecule has 0 aromatic carbocycles. The maximum atomic E-state index is 11.4. The van der Waals surface area contributed by atoms with Crippen LogP contribution < -0.4 is 0 Å². The molecular weight excluding hydrogens is 246 g/mol. The van der Waals surface area contributed by atoms with Crippen molar-refractivity contribution in [2.45, 2.75) is 39.2 Å². The second-order valence-corrected chi connectivity index (χ2v) is 4.85. The molecule has 0 radical (unpaired) electrons. The Bertz CT molecular complexity index is 263. The molecule has 0 spiro atoms. The minimum atomic E-state index is -0.496. The van der Waals surface area contributed by atoms with Crippen LogP contribution in [0.25, 0.3) is 0 Å².